The molecule has 0 radical (unpaired) electrons. The van der Waals surface area contributed by atoms with Crippen molar-refractivity contribution in [3.63, 3.8) is 0 Å². The van der Waals surface area contributed by atoms with Gasteiger partial charge in [0.1, 0.15) is 28.8 Å². The minimum atomic E-state index is -1.37. The Balaban J connectivity index is 1.79. The Kier molecular flexibility index (Phi) is 4.74. The number of fused-ring (bicyclic) bond motifs is 1. The summed E-state index contributed by atoms with van der Waals surface area (Å²) in [6.45, 7) is 5.00. The molecule has 158 valence electrons. The van der Waals surface area contributed by atoms with Crippen LogP contribution in [0.25, 0.3) is 11.3 Å². The number of thioether (sulfide) groups is 1. The summed E-state index contributed by atoms with van der Waals surface area (Å²) in [4.78, 5) is 39.2. The molecule has 3 heterocycles. The van der Waals surface area contributed by atoms with E-state index in [1.807, 2.05) is 0 Å². The van der Waals surface area contributed by atoms with Gasteiger partial charge in [0, 0.05) is 10.3 Å². The first-order chi connectivity index (χ1) is 14.1. The van der Waals surface area contributed by atoms with Crippen molar-refractivity contribution in [2.24, 2.45) is 0 Å². The number of carboxylic acids is 1. The Hall–Kier alpha value is -2.72. The van der Waals surface area contributed by atoms with Crippen LogP contribution in [0, 0.1) is 6.92 Å². The Bertz CT molecular complexity index is 1070. The second-order valence-corrected chi connectivity index (χ2v) is 9.79. The molecule has 2 N–H and O–H groups in total. The summed E-state index contributed by atoms with van der Waals surface area (Å²) >= 11 is 7.53. The monoisotopic (exact) mass is 451 g/mol. The first-order valence-corrected chi connectivity index (χ1v) is 10.3. The standard InChI is InChI=1S/C19H18ClN3O6S/c1-8-12(11(21-29-8)9-6-4-5-7-10(9)20)22(18(27)28)13-15(24)23-14(17(25)26)19(2,3)30-16(13)23/h4-7,13-14,16H,1-3H3,(H,25,26)(H,27,28)/t13-,14+,16-/m1/s1. The summed E-state index contributed by atoms with van der Waals surface area (Å²) < 4.78 is 4.48. The number of carbonyl (C=O) groups is 3. The molecule has 3 atom stereocenters. The highest BCUT2D eigenvalue weighted by atomic mass is 35.5. The molecular weight excluding hydrogens is 434 g/mol. The van der Waals surface area contributed by atoms with Crippen LogP contribution in [0.1, 0.15) is 19.6 Å². The van der Waals surface area contributed by atoms with Gasteiger partial charge in [-0.15, -0.1) is 11.8 Å². The van der Waals surface area contributed by atoms with Gasteiger partial charge in [0.05, 0.1) is 5.02 Å². The van der Waals surface area contributed by atoms with Crippen molar-refractivity contribution in [1.29, 1.82) is 0 Å². The Morgan fingerprint density at radius 3 is 2.57 bits per heavy atom. The van der Waals surface area contributed by atoms with Crippen molar-refractivity contribution in [2.75, 3.05) is 4.90 Å². The van der Waals surface area contributed by atoms with Crippen LogP contribution in [0.15, 0.2) is 28.8 Å². The SMILES string of the molecule is Cc1onc(-c2ccccc2Cl)c1N(C(=O)O)[C@@H]1C(=O)N2[C@@H]1SC(C)(C)[C@@H]2C(=O)O. The van der Waals surface area contributed by atoms with E-state index in [2.05, 4.69) is 5.16 Å². The van der Waals surface area contributed by atoms with Gasteiger partial charge >= 0.3 is 12.1 Å². The number of aromatic nitrogens is 1. The zero-order valence-electron chi connectivity index (χ0n) is 16.2. The molecule has 0 bridgehead atoms. The van der Waals surface area contributed by atoms with Crippen LogP contribution in [0.2, 0.25) is 5.02 Å². The number of hydrogen-bond donors (Lipinski definition) is 2. The van der Waals surface area contributed by atoms with E-state index in [1.165, 1.54) is 16.7 Å². The third-order valence-electron chi connectivity index (χ3n) is 5.33. The van der Waals surface area contributed by atoms with E-state index in [0.29, 0.717) is 10.6 Å². The number of nitrogens with zero attached hydrogens (tertiary/aromatic N) is 3. The molecule has 2 saturated heterocycles. The van der Waals surface area contributed by atoms with Gasteiger partial charge in [-0.1, -0.05) is 35.0 Å². The molecular formula is C19H18ClN3O6S. The number of anilines is 1. The zero-order valence-corrected chi connectivity index (χ0v) is 17.8. The molecule has 0 spiro atoms. The van der Waals surface area contributed by atoms with Gasteiger partial charge < -0.3 is 19.6 Å². The fourth-order valence-electron chi connectivity index (χ4n) is 4.07. The highest BCUT2D eigenvalue weighted by Crippen LogP contribution is 2.53. The average molecular weight is 452 g/mol. The number of hydrogen-bond acceptors (Lipinski definition) is 6. The highest BCUT2D eigenvalue weighted by molar-refractivity contribution is 8.01. The highest BCUT2D eigenvalue weighted by Gasteiger charge is 2.66. The maximum atomic E-state index is 13.0. The van der Waals surface area contributed by atoms with Gasteiger partial charge in [0.15, 0.2) is 5.76 Å². The molecule has 0 aliphatic carbocycles. The van der Waals surface area contributed by atoms with Gasteiger partial charge in [-0.2, -0.15) is 0 Å². The van der Waals surface area contributed by atoms with E-state index in [0.717, 1.165) is 4.90 Å². The summed E-state index contributed by atoms with van der Waals surface area (Å²) in [6.07, 6.45) is -1.37. The number of carbonyl (C=O) groups excluding carboxylic acids is 1. The molecule has 2 aromatic rings. The fraction of sp³-hybridized carbons (Fsp3) is 0.368. The van der Waals surface area contributed by atoms with Gasteiger partial charge in [0.25, 0.3) is 5.91 Å². The lowest BCUT2D eigenvalue weighted by atomic mass is 9.95. The van der Waals surface area contributed by atoms with E-state index in [4.69, 9.17) is 16.1 Å². The van der Waals surface area contributed by atoms with E-state index in [-0.39, 0.29) is 17.1 Å². The lowest BCUT2D eigenvalue weighted by Crippen LogP contribution is -2.71. The minimum Gasteiger partial charge on any atom is -0.480 e. The molecule has 0 saturated carbocycles. The molecule has 2 aliphatic rings. The fourth-order valence-corrected chi connectivity index (χ4v) is 5.96. The zero-order chi connectivity index (χ0) is 22.0. The van der Waals surface area contributed by atoms with Crippen LogP contribution in [-0.2, 0) is 9.59 Å². The number of β-lactam (4-membered cyclic amide) rings is 1. The summed E-state index contributed by atoms with van der Waals surface area (Å²) in [7, 11) is 0. The smallest absolute Gasteiger partial charge is 0.412 e. The van der Waals surface area contributed by atoms with Gasteiger partial charge in [0.2, 0.25) is 0 Å². The van der Waals surface area contributed by atoms with Crippen LogP contribution in [0.4, 0.5) is 10.5 Å². The number of carboxylic acid groups (broad SMARTS) is 2. The third-order valence-corrected chi connectivity index (χ3v) is 7.22. The molecule has 2 amide bonds. The quantitative estimate of drug-likeness (QED) is 0.678. The molecule has 1 aromatic carbocycles. The van der Waals surface area contributed by atoms with Gasteiger partial charge in [-0.25, -0.2) is 9.59 Å². The summed E-state index contributed by atoms with van der Waals surface area (Å²) in [5.41, 5.74) is 0.776. The summed E-state index contributed by atoms with van der Waals surface area (Å²) in [5, 5.41) is 23.3. The summed E-state index contributed by atoms with van der Waals surface area (Å²) in [5.74, 6) is -1.49. The first-order valence-electron chi connectivity index (χ1n) is 9.02. The largest absolute Gasteiger partial charge is 0.480 e. The normalized spacial score (nSPS) is 24.3. The number of halogens is 1. The maximum absolute atomic E-state index is 13.0. The molecule has 2 aliphatic heterocycles. The Morgan fingerprint density at radius 1 is 1.30 bits per heavy atom. The number of aliphatic carboxylic acids is 1. The van der Waals surface area contributed by atoms with Crippen molar-refractivity contribution in [3.05, 3.63) is 35.0 Å². The van der Waals surface area contributed by atoms with Crippen molar-refractivity contribution < 1.29 is 29.1 Å². The second kappa shape index (κ2) is 6.92. The summed E-state index contributed by atoms with van der Waals surface area (Å²) in [6, 6.07) is 4.62. The third kappa shape index (κ3) is 2.85. The average Bonchev–Trinajstić information content (AvgIpc) is 3.14. The van der Waals surface area contributed by atoms with Gasteiger partial charge in [-0.05, 0) is 26.8 Å². The molecule has 0 unspecified atom stereocenters. The molecule has 9 nitrogen and oxygen atoms in total. The Labute approximate surface area is 180 Å². The van der Waals surface area contributed by atoms with Crippen molar-refractivity contribution in [2.45, 2.75) is 43.0 Å². The van der Waals surface area contributed by atoms with Gasteiger partial charge in [-0.3, -0.25) is 9.69 Å². The molecule has 11 heteroatoms. The number of benzene rings is 1. The minimum absolute atomic E-state index is 0.116. The lowest BCUT2D eigenvalue weighted by Gasteiger charge is -2.47. The van der Waals surface area contributed by atoms with Crippen molar-refractivity contribution >= 4 is 47.0 Å². The van der Waals surface area contributed by atoms with E-state index >= 15 is 0 Å². The van der Waals surface area contributed by atoms with Crippen molar-refractivity contribution in [1.82, 2.24) is 10.1 Å². The predicted molar refractivity (Wildman–Crippen MR) is 110 cm³/mol. The van der Waals surface area contributed by atoms with Crippen LogP contribution in [0.5, 0.6) is 0 Å². The maximum Gasteiger partial charge on any atom is 0.412 e. The lowest BCUT2D eigenvalue weighted by molar-refractivity contribution is -0.159. The van der Waals surface area contributed by atoms with E-state index in [9.17, 15) is 24.6 Å². The second-order valence-electron chi connectivity index (χ2n) is 7.61. The molecule has 1 aromatic heterocycles. The predicted octanol–water partition coefficient (Wildman–Crippen LogP) is 3.30. The van der Waals surface area contributed by atoms with Crippen molar-refractivity contribution in [3.8, 4) is 11.3 Å². The number of rotatable bonds is 4. The Morgan fingerprint density at radius 2 is 1.97 bits per heavy atom. The number of amides is 2. The molecule has 4 rings (SSSR count). The van der Waals surface area contributed by atoms with Crippen LogP contribution < -0.4 is 4.90 Å². The van der Waals surface area contributed by atoms with Crippen LogP contribution in [0.3, 0.4) is 0 Å². The molecule has 30 heavy (non-hydrogen) atoms. The van der Waals surface area contributed by atoms with Crippen LogP contribution in [-0.4, -0.2) is 60.4 Å². The van der Waals surface area contributed by atoms with Crippen LogP contribution >= 0.6 is 23.4 Å². The number of aryl methyl sites for hydroxylation is 1. The topological polar surface area (TPSA) is 124 Å². The van der Waals surface area contributed by atoms with E-state index < -0.39 is 40.2 Å². The van der Waals surface area contributed by atoms with E-state index in [1.54, 1.807) is 45.0 Å². The first kappa shape index (κ1) is 20.5. The molecule has 2 fully saturated rings.